The average Bonchev–Trinajstić information content (AvgIpc) is 3.15. The summed E-state index contributed by atoms with van der Waals surface area (Å²) in [5, 5.41) is 3.97. The third kappa shape index (κ3) is 5.21. The predicted octanol–water partition coefficient (Wildman–Crippen LogP) is 6.38. The Bertz CT molecular complexity index is 1190. The van der Waals surface area contributed by atoms with Crippen molar-refractivity contribution >= 4 is 56.3 Å². The van der Waals surface area contributed by atoms with Gasteiger partial charge in [0, 0.05) is 10.0 Å². The normalized spacial score (nSPS) is 14.3. The lowest BCUT2D eigenvalue weighted by Gasteiger charge is -2.15. The fourth-order valence-corrected chi connectivity index (χ4v) is 4.24. The van der Waals surface area contributed by atoms with Crippen molar-refractivity contribution in [1.82, 2.24) is 0 Å². The van der Waals surface area contributed by atoms with Gasteiger partial charge in [-0.05, 0) is 71.0 Å². The molecular weight excluding hydrogens is 585 g/mol. The largest absolute Gasteiger partial charge is 0.490 e. The second kappa shape index (κ2) is 10.3. The molecule has 3 aromatic carbocycles. The predicted molar refractivity (Wildman–Crippen MR) is 136 cm³/mol. The van der Waals surface area contributed by atoms with E-state index >= 15 is 0 Å². The molecule has 0 aliphatic carbocycles. The summed E-state index contributed by atoms with van der Waals surface area (Å²) >= 11 is 5.66. The Morgan fingerprint density at radius 3 is 2.53 bits per heavy atom. The molecule has 0 amide bonds. The maximum atomic E-state index is 12.3. The number of nitrogens with zero attached hydrogens (tertiary/aromatic N) is 1. The first-order chi connectivity index (χ1) is 15.5. The van der Waals surface area contributed by atoms with Crippen molar-refractivity contribution in [2.75, 3.05) is 6.61 Å². The summed E-state index contributed by atoms with van der Waals surface area (Å²) in [6.07, 6.45) is 1.77. The van der Waals surface area contributed by atoms with Gasteiger partial charge in [-0.15, -0.1) is 0 Å². The van der Waals surface area contributed by atoms with E-state index in [0.717, 1.165) is 24.7 Å². The average molecular weight is 604 g/mol. The molecule has 0 bridgehead atoms. The Balaban J connectivity index is 1.64. The van der Waals surface area contributed by atoms with Crippen molar-refractivity contribution in [3.63, 3.8) is 0 Å². The highest BCUT2D eigenvalue weighted by molar-refractivity contribution is 14.1. The molecular formula is C25H19BrINO4. The number of carbonyl (C=O) groups is 1. The zero-order valence-electron chi connectivity index (χ0n) is 17.2. The van der Waals surface area contributed by atoms with E-state index in [2.05, 4.69) is 43.7 Å². The molecule has 0 radical (unpaired) electrons. The van der Waals surface area contributed by atoms with Crippen molar-refractivity contribution in [3.8, 4) is 11.5 Å². The maximum Gasteiger partial charge on any atom is 0.368 e. The number of oxime groups is 1. The molecule has 0 saturated heterocycles. The van der Waals surface area contributed by atoms with Crippen LogP contribution in [0.1, 0.15) is 23.6 Å². The molecule has 162 valence electrons. The quantitative estimate of drug-likeness (QED) is 0.179. The highest BCUT2D eigenvalue weighted by Crippen LogP contribution is 2.36. The third-order valence-corrected chi connectivity index (χ3v) is 6.01. The highest BCUT2D eigenvalue weighted by Gasteiger charge is 2.27. The first-order valence-electron chi connectivity index (χ1n) is 9.95. The van der Waals surface area contributed by atoms with Gasteiger partial charge in [-0.3, -0.25) is 0 Å². The Morgan fingerprint density at radius 2 is 1.81 bits per heavy atom. The van der Waals surface area contributed by atoms with Crippen LogP contribution in [0.3, 0.4) is 0 Å². The minimum Gasteiger partial charge on any atom is -0.490 e. The molecule has 5 nitrogen and oxygen atoms in total. The Kier molecular flexibility index (Phi) is 7.26. The van der Waals surface area contributed by atoms with E-state index < -0.39 is 5.97 Å². The molecule has 1 aliphatic heterocycles. The van der Waals surface area contributed by atoms with Gasteiger partial charge in [0.1, 0.15) is 12.3 Å². The lowest BCUT2D eigenvalue weighted by molar-refractivity contribution is -0.136. The van der Waals surface area contributed by atoms with Gasteiger partial charge in [0.15, 0.2) is 11.5 Å². The molecule has 32 heavy (non-hydrogen) atoms. The van der Waals surface area contributed by atoms with E-state index in [1.165, 1.54) is 0 Å². The molecule has 0 fully saturated rings. The van der Waals surface area contributed by atoms with Crippen LogP contribution in [-0.4, -0.2) is 18.3 Å². The molecule has 0 saturated carbocycles. The van der Waals surface area contributed by atoms with Crippen molar-refractivity contribution in [1.29, 1.82) is 0 Å². The zero-order valence-corrected chi connectivity index (χ0v) is 20.9. The monoisotopic (exact) mass is 603 g/mol. The maximum absolute atomic E-state index is 12.3. The highest BCUT2D eigenvalue weighted by atomic mass is 127. The number of rotatable bonds is 7. The van der Waals surface area contributed by atoms with Crippen molar-refractivity contribution in [2.45, 2.75) is 13.5 Å². The number of benzene rings is 3. The molecule has 0 N–H and O–H groups in total. The van der Waals surface area contributed by atoms with Gasteiger partial charge in [0.25, 0.3) is 0 Å². The molecule has 7 heteroatoms. The van der Waals surface area contributed by atoms with Crippen LogP contribution in [0, 0.1) is 3.57 Å². The van der Waals surface area contributed by atoms with Crippen LogP contribution in [-0.2, 0) is 16.2 Å². The van der Waals surface area contributed by atoms with E-state index in [0.29, 0.717) is 36.0 Å². The van der Waals surface area contributed by atoms with Gasteiger partial charge >= 0.3 is 5.97 Å². The Morgan fingerprint density at radius 1 is 1.06 bits per heavy atom. The molecule has 4 rings (SSSR count). The molecule has 0 unspecified atom stereocenters. The van der Waals surface area contributed by atoms with Crippen LogP contribution < -0.4 is 9.47 Å². The molecule has 0 atom stereocenters. The number of ether oxygens (including phenoxy) is 2. The van der Waals surface area contributed by atoms with Gasteiger partial charge in [0.05, 0.1) is 15.8 Å². The second-order valence-electron chi connectivity index (χ2n) is 6.92. The fraction of sp³-hybridized carbons (Fsp3) is 0.120. The number of halogens is 2. The van der Waals surface area contributed by atoms with Crippen LogP contribution >= 0.6 is 38.5 Å². The van der Waals surface area contributed by atoms with Crippen LogP contribution in [0.5, 0.6) is 11.5 Å². The minimum absolute atomic E-state index is 0.401. The Labute approximate surface area is 208 Å². The summed E-state index contributed by atoms with van der Waals surface area (Å²) in [5.41, 5.74) is 3.58. The first kappa shape index (κ1) is 22.5. The minimum atomic E-state index is -0.479. The third-order valence-electron chi connectivity index (χ3n) is 4.68. The van der Waals surface area contributed by atoms with Crippen LogP contribution in [0.25, 0.3) is 6.08 Å². The molecule has 1 aliphatic rings. The van der Waals surface area contributed by atoms with Gasteiger partial charge < -0.3 is 14.3 Å². The van der Waals surface area contributed by atoms with Crippen molar-refractivity contribution in [2.24, 2.45) is 5.16 Å². The lowest BCUT2D eigenvalue weighted by Crippen LogP contribution is -2.07. The van der Waals surface area contributed by atoms with Gasteiger partial charge in [-0.2, -0.15) is 0 Å². The van der Waals surface area contributed by atoms with E-state index in [1.54, 1.807) is 6.08 Å². The number of hydrogen-bond donors (Lipinski definition) is 0. The SMILES string of the molecule is CCOc1cc(/C=C2\C(=O)ON=C2c2ccccc2)cc(I)c1OCc1ccc(Br)cc1. The standard InChI is InChI=1S/C25H19BrINO4/c1-2-30-22-14-17(12-20-23(28-32-25(20)29)18-6-4-3-5-7-18)13-21(27)24(22)31-15-16-8-10-19(26)11-9-16/h3-14H,2,15H2,1H3/b20-12-. The number of hydrogen-bond acceptors (Lipinski definition) is 5. The van der Waals surface area contributed by atoms with Gasteiger partial charge in [0.2, 0.25) is 0 Å². The van der Waals surface area contributed by atoms with Gasteiger partial charge in [-0.25, -0.2) is 4.79 Å². The second-order valence-corrected chi connectivity index (χ2v) is 9.00. The smallest absolute Gasteiger partial charge is 0.368 e. The van der Waals surface area contributed by atoms with E-state index in [-0.39, 0.29) is 0 Å². The summed E-state index contributed by atoms with van der Waals surface area (Å²) in [6, 6.07) is 21.3. The van der Waals surface area contributed by atoms with Gasteiger partial charge in [-0.1, -0.05) is 63.6 Å². The molecule has 1 heterocycles. The molecule has 0 aromatic heterocycles. The van der Waals surface area contributed by atoms with E-state index in [1.807, 2.05) is 73.7 Å². The van der Waals surface area contributed by atoms with Crippen LogP contribution in [0.2, 0.25) is 0 Å². The fourth-order valence-electron chi connectivity index (χ4n) is 3.19. The van der Waals surface area contributed by atoms with Crippen molar-refractivity contribution < 1.29 is 19.1 Å². The zero-order chi connectivity index (χ0) is 22.5. The van der Waals surface area contributed by atoms with Crippen molar-refractivity contribution in [3.05, 3.63) is 97.0 Å². The summed E-state index contributed by atoms with van der Waals surface area (Å²) in [7, 11) is 0. The summed E-state index contributed by atoms with van der Waals surface area (Å²) in [5.74, 6) is 0.809. The topological polar surface area (TPSA) is 57.1 Å². The molecule has 0 spiro atoms. The lowest BCUT2D eigenvalue weighted by atomic mass is 10.0. The summed E-state index contributed by atoms with van der Waals surface area (Å²) in [6.45, 7) is 2.83. The molecule has 3 aromatic rings. The Hall–Kier alpha value is -2.65. The van der Waals surface area contributed by atoms with Crippen LogP contribution in [0.4, 0.5) is 0 Å². The summed E-state index contributed by atoms with van der Waals surface area (Å²) in [4.78, 5) is 17.3. The van der Waals surface area contributed by atoms with E-state index in [9.17, 15) is 4.79 Å². The summed E-state index contributed by atoms with van der Waals surface area (Å²) < 4.78 is 13.9. The van der Waals surface area contributed by atoms with Crippen LogP contribution in [0.15, 0.2) is 81.9 Å². The number of carbonyl (C=O) groups excluding carboxylic acids is 1. The first-order valence-corrected chi connectivity index (χ1v) is 11.8. The van der Waals surface area contributed by atoms with E-state index in [4.69, 9.17) is 14.3 Å².